The van der Waals surface area contributed by atoms with Gasteiger partial charge in [0.05, 0.1) is 0 Å². The van der Waals surface area contributed by atoms with Gasteiger partial charge >= 0.3 is 0 Å². The van der Waals surface area contributed by atoms with Crippen LogP contribution in [0.1, 0.15) is 9.78 Å². The maximum Gasteiger partial charge on any atom is 0.00254 e. The van der Waals surface area contributed by atoms with E-state index in [1.54, 1.807) is 0 Å². The standard InChI is InChI=1S/C8H16N2.2H2/c1-2-10-5-7-3-9-4-8(7)6-10;;/h7-9H,2-6H2,1H3;2*1H/t7-,8?;;/m1../s1. The average molecular weight is 144 g/mol. The Kier molecular flexibility index (Phi) is 1.66. The van der Waals surface area contributed by atoms with Crippen molar-refractivity contribution < 1.29 is 2.85 Å². The smallest absolute Gasteiger partial charge is 0.00254 e. The number of rotatable bonds is 1. The van der Waals surface area contributed by atoms with Crippen LogP contribution in [0.15, 0.2) is 0 Å². The third kappa shape index (κ3) is 0.956. The molecule has 0 saturated carbocycles. The highest BCUT2D eigenvalue weighted by Gasteiger charge is 2.34. The summed E-state index contributed by atoms with van der Waals surface area (Å²) in [5.74, 6) is 1.94. The van der Waals surface area contributed by atoms with Gasteiger partial charge in [0.2, 0.25) is 0 Å². The lowest BCUT2D eigenvalue weighted by molar-refractivity contribution is 0.330. The summed E-state index contributed by atoms with van der Waals surface area (Å²) in [6.45, 7) is 8.71. The van der Waals surface area contributed by atoms with Crippen molar-refractivity contribution >= 4 is 0 Å². The molecule has 0 bridgehead atoms. The molecule has 0 aromatic heterocycles. The van der Waals surface area contributed by atoms with E-state index in [1.807, 2.05) is 0 Å². The van der Waals surface area contributed by atoms with Crippen LogP contribution in [0.25, 0.3) is 0 Å². The number of nitrogens with zero attached hydrogens (tertiary/aromatic N) is 1. The molecule has 0 aliphatic carbocycles. The summed E-state index contributed by atoms with van der Waals surface area (Å²) >= 11 is 0. The zero-order valence-corrected chi connectivity index (χ0v) is 6.64. The van der Waals surface area contributed by atoms with Crippen molar-refractivity contribution in [3.05, 3.63) is 0 Å². The van der Waals surface area contributed by atoms with E-state index in [-0.39, 0.29) is 2.85 Å². The Labute approximate surface area is 65.6 Å². The molecule has 2 heteroatoms. The van der Waals surface area contributed by atoms with E-state index in [1.165, 1.54) is 32.7 Å². The molecule has 2 aliphatic heterocycles. The van der Waals surface area contributed by atoms with Crippen LogP contribution < -0.4 is 5.32 Å². The molecule has 2 rings (SSSR count). The first-order valence-corrected chi connectivity index (χ1v) is 4.33. The Morgan fingerprint density at radius 3 is 2.50 bits per heavy atom. The minimum absolute atomic E-state index is 0. The predicted molar refractivity (Wildman–Crippen MR) is 46.2 cm³/mol. The lowest BCUT2D eigenvalue weighted by atomic mass is 10.0. The quantitative estimate of drug-likeness (QED) is 0.581. The molecule has 1 N–H and O–H groups in total. The second-order valence-corrected chi connectivity index (χ2v) is 3.53. The van der Waals surface area contributed by atoms with Crippen molar-refractivity contribution in [3.63, 3.8) is 0 Å². The van der Waals surface area contributed by atoms with Crippen molar-refractivity contribution in [1.82, 2.24) is 10.2 Å². The third-order valence-electron chi connectivity index (χ3n) is 2.91. The molecular formula is C8H20N2. The third-order valence-corrected chi connectivity index (χ3v) is 2.91. The molecule has 62 valence electrons. The van der Waals surface area contributed by atoms with Crippen LogP contribution in [0.2, 0.25) is 0 Å². The molecule has 2 heterocycles. The highest BCUT2D eigenvalue weighted by molar-refractivity contribution is 4.90. The van der Waals surface area contributed by atoms with E-state index in [9.17, 15) is 0 Å². The van der Waals surface area contributed by atoms with Gasteiger partial charge in [-0.3, -0.25) is 0 Å². The van der Waals surface area contributed by atoms with Crippen molar-refractivity contribution in [2.24, 2.45) is 11.8 Å². The molecular weight excluding hydrogens is 124 g/mol. The number of fused-ring (bicyclic) bond motifs is 1. The molecule has 0 aromatic carbocycles. The van der Waals surface area contributed by atoms with E-state index in [4.69, 9.17) is 0 Å². The first kappa shape index (κ1) is 6.62. The molecule has 2 atom stereocenters. The minimum atomic E-state index is 0. The second kappa shape index (κ2) is 2.51. The monoisotopic (exact) mass is 144 g/mol. The normalized spacial score (nSPS) is 40.5. The molecule has 2 fully saturated rings. The highest BCUT2D eigenvalue weighted by atomic mass is 15.2. The van der Waals surface area contributed by atoms with Crippen molar-refractivity contribution in [1.29, 1.82) is 0 Å². The molecule has 2 aliphatic rings. The van der Waals surface area contributed by atoms with Gasteiger partial charge in [-0.15, -0.1) is 0 Å². The van der Waals surface area contributed by atoms with Crippen LogP contribution in [0.3, 0.4) is 0 Å². The van der Waals surface area contributed by atoms with E-state index in [0.717, 1.165) is 11.8 Å². The summed E-state index contributed by atoms with van der Waals surface area (Å²) in [4.78, 5) is 2.57. The Morgan fingerprint density at radius 1 is 1.40 bits per heavy atom. The average Bonchev–Trinajstić information content (AvgIpc) is 2.42. The van der Waals surface area contributed by atoms with Gasteiger partial charge in [-0.2, -0.15) is 0 Å². The van der Waals surface area contributed by atoms with Crippen molar-refractivity contribution in [3.8, 4) is 0 Å². The zero-order valence-electron chi connectivity index (χ0n) is 6.64. The van der Waals surface area contributed by atoms with Gasteiger partial charge in [0.15, 0.2) is 0 Å². The SMILES string of the molecule is CCN1CC2CNC[C@@H]2C1.[HH].[HH]. The molecule has 1 unspecified atom stereocenters. The van der Waals surface area contributed by atoms with E-state index >= 15 is 0 Å². The van der Waals surface area contributed by atoms with Crippen LogP contribution in [0, 0.1) is 11.8 Å². The summed E-state index contributed by atoms with van der Waals surface area (Å²) in [5.41, 5.74) is 0. The Balaban J connectivity index is 0.000000605. The fourth-order valence-corrected chi connectivity index (χ4v) is 2.21. The molecule has 10 heavy (non-hydrogen) atoms. The molecule has 0 aromatic rings. The van der Waals surface area contributed by atoms with E-state index < -0.39 is 0 Å². The van der Waals surface area contributed by atoms with Gasteiger partial charge < -0.3 is 10.2 Å². The maximum atomic E-state index is 3.44. The van der Waals surface area contributed by atoms with Gasteiger partial charge in [0.1, 0.15) is 0 Å². The molecule has 0 radical (unpaired) electrons. The van der Waals surface area contributed by atoms with Crippen molar-refractivity contribution in [2.75, 3.05) is 32.7 Å². The minimum Gasteiger partial charge on any atom is -0.316 e. The molecule has 0 amide bonds. The summed E-state index contributed by atoms with van der Waals surface area (Å²) in [6.07, 6.45) is 0. The van der Waals surface area contributed by atoms with Crippen LogP contribution >= 0.6 is 0 Å². The Morgan fingerprint density at radius 2 is 2.00 bits per heavy atom. The molecule has 2 nitrogen and oxygen atoms in total. The first-order chi connectivity index (χ1) is 4.90. The van der Waals surface area contributed by atoms with Gasteiger partial charge in [-0.1, -0.05) is 6.92 Å². The number of likely N-dealkylation sites (tertiary alicyclic amines) is 1. The van der Waals surface area contributed by atoms with Gasteiger partial charge in [-0.25, -0.2) is 0 Å². The van der Waals surface area contributed by atoms with Crippen LogP contribution in [-0.4, -0.2) is 37.6 Å². The lowest BCUT2D eigenvalue weighted by Crippen LogP contribution is -2.25. The van der Waals surface area contributed by atoms with Gasteiger partial charge in [0, 0.05) is 15.9 Å². The molecule has 2 saturated heterocycles. The number of nitrogens with one attached hydrogen (secondary N) is 1. The predicted octanol–water partition coefficient (Wildman–Crippen LogP) is 0.649. The van der Waals surface area contributed by atoms with Crippen molar-refractivity contribution in [2.45, 2.75) is 6.92 Å². The van der Waals surface area contributed by atoms with Crippen LogP contribution in [-0.2, 0) is 0 Å². The van der Waals surface area contributed by atoms with E-state index in [0.29, 0.717) is 0 Å². The fraction of sp³-hybridized carbons (Fsp3) is 1.00. The van der Waals surface area contributed by atoms with Crippen LogP contribution in [0.5, 0.6) is 0 Å². The summed E-state index contributed by atoms with van der Waals surface area (Å²) in [5, 5.41) is 3.44. The largest absolute Gasteiger partial charge is 0.316 e. The fourth-order valence-electron chi connectivity index (χ4n) is 2.21. The second-order valence-electron chi connectivity index (χ2n) is 3.53. The molecule has 0 spiro atoms. The van der Waals surface area contributed by atoms with E-state index in [2.05, 4.69) is 17.1 Å². The Hall–Kier alpha value is -0.0800. The Bertz CT molecular complexity index is 120. The lowest BCUT2D eigenvalue weighted by Gasteiger charge is -2.12. The van der Waals surface area contributed by atoms with Gasteiger partial charge in [0.25, 0.3) is 0 Å². The topological polar surface area (TPSA) is 15.3 Å². The summed E-state index contributed by atoms with van der Waals surface area (Å²) in [6, 6.07) is 0. The zero-order chi connectivity index (χ0) is 6.97. The first-order valence-electron chi connectivity index (χ1n) is 4.33. The summed E-state index contributed by atoms with van der Waals surface area (Å²) in [7, 11) is 0. The highest BCUT2D eigenvalue weighted by Crippen LogP contribution is 2.25. The number of hydrogen-bond donors (Lipinski definition) is 1. The maximum absolute atomic E-state index is 3.44. The summed E-state index contributed by atoms with van der Waals surface area (Å²) < 4.78 is 0. The number of hydrogen-bond acceptors (Lipinski definition) is 2. The van der Waals surface area contributed by atoms with Crippen LogP contribution in [0.4, 0.5) is 0 Å². The van der Waals surface area contributed by atoms with Gasteiger partial charge in [-0.05, 0) is 31.5 Å².